The third-order valence-electron chi connectivity index (χ3n) is 3.74. The molecule has 0 radical (unpaired) electrons. The fourth-order valence-corrected chi connectivity index (χ4v) is 2.83. The van der Waals surface area contributed by atoms with Gasteiger partial charge in [0.15, 0.2) is 9.84 Å². The van der Waals surface area contributed by atoms with Crippen molar-refractivity contribution in [3.05, 3.63) is 29.3 Å². The SMILES string of the molecule is Cc1ccc(S(C)(=O)=O)cc1C(=O)NCC1(O)CCC1. The standard InChI is InChI=1S/C14H19NO4S/c1-10-4-5-11(20(2,18)19)8-12(10)13(16)15-9-14(17)6-3-7-14/h4-5,8,17H,3,6-7,9H2,1-2H3,(H,15,16). The molecule has 2 N–H and O–H groups in total. The van der Waals surface area contributed by atoms with E-state index >= 15 is 0 Å². The molecule has 0 atom stereocenters. The van der Waals surface area contributed by atoms with Crippen molar-refractivity contribution in [2.45, 2.75) is 36.7 Å². The summed E-state index contributed by atoms with van der Waals surface area (Å²) in [5.74, 6) is -0.353. The summed E-state index contributed by atoms with van der Waals surface area (Å²) in [5.41, 5.74) is 0.240. The molecular formula is C14H19NO4S. The van der Waals surface area contributed by atoms with Crippen molar-refractivity contribution >= 4 is 15.7 Å². The molecule has 0 heterocycles. The number of hydrogen-bond acceptors (Lipinski definition) is 4. The summed E-state index contributed by atoms with van der Waals surface area (Å²) in [6.45, 7) is 1.95. The molecule has 2 rings (SSSR count). The van der Waals surface area contributed by atoms with Crippen LogP contribution in [-0.4, -0.2) is 37.8 Å². The second kappa shape index (κ2) is 5.18. The molecule has 0 saturated heterocycles. The van der Waals surface area contributed by atoms with Crippen molar-refractivity contribution in [3.63, 3.8) is 0 Å². The number of sulfone groups is 1. The number of benzene rings is 1. The van der Waals surface area contributed by atoms with Crippen LogP contribution in [0.4, 0.5) is 0 Å². The van der Waals surface area contributed by atoms with Gasteiger partial charge in [-0.05, 0) is 43.9 Å². The van der Waals surface area contributed by atoms with E-state index in [4.69, 9.17) is 0 Å². The van der Waals surface area contributed by atoms with Crippen LogP contribution < -0.4 is 5.32 Å². The van der Waals surface area contributed by atoms with Crippen LogP contribution in [0.1, 0.15) is 35.2 Å². The highest BCUT2D eigenvalue weighted by Crippen LogP contribution is 2.30. The van der Waals surface area contributed by atoms with Crippen molar-refractivity contribution in [2.24, 2.45) is 0 Å². The predicted octanol–water partition coefficient (Wildman–Crippen LogP) is 1.04. The van der Waals surface area contributed by atoms with E-state index < -0.39 is 15.4 Å². The third kappa shape index (κ3) is 3.19. The van der Waals surface area contributed by atoms with Crippen LogP contribution in [0, 0.1) is 6.92 Å². The molecule has 1 amide bonds. The second-order valence-electron chi connectivity index (χ2n) is 5.51. The van der Waals surface area contributed by atoms with Crippen molar-refractivity contribution < 1.29 is 18.3 Å². The van der Waals surface area contributed by atoms with E-state index in [1.807, 2.05) is 0 Å². The largest absolute Gasteiger partial charge is 0.388 e. The topological polar surface area (TPSA) is 83.5 Å². The Balaban J connectivity index is 2.16. The number of carbonyl (C=O) groups excluding carboxylic acids is 1. The van der Waals surface area contributed by atoms with Crippen molar-refractivity contribution in [1.29, 1.82) is 0 Å². The van der Waals surface area contributed by atoms with Gasteiger partial charge in [0.25, 0.3) is 5.91 Å². The van der Waals surface area contributed by atoms with Gasteiger partial charge in [-0.15, -0.1) is 0 Å². The Kier molecular flexibility index (Phi) is 3.88. The minimum Gasteiger partial charge on any atom is -0.388 e. The highest BCUT2D eigenvalue weighted by molar-refractivity contribution is 7.90. The molecule has 1 saturated carbocycles. The van der Waals surface area contributed by atoms with E-state index in [0.717, 1.165) is 12.7 Å². The summed E-state index contributed by atoms with van der Waals surface area (Å²) in [7, 11) is -3.34. The van der Waals surface area contributed by atoms with E-state index in [1.54, 1.807) is 13.0 Å². The van der Waals surface area contributed by atoms with Crippen LogP contribution in [0.15, 0.2) is 23.1 Å². The lowest BCUT2D eigenvalue weighted by atomic mass is 9.80. The van der Waals surface area contributed by atoms with Gasteiger partial charge < -0.3 is 10.4 Å². The van der Waals surface area contributed by atoms with Gasteiger partial charge in [-0.3, -0.25) is 4.79 Å². The molecule has 6 heteroatoms. The molecule has 1 aliphatic carbocycles. The molecule has 1 aromatic carbocycles. The van der Waals surface area contributed by atoms with E-state index in [9.17, 15) is 18.3 Å². The molecule has 110 valence electrons. The Morgan fingerprint density at radius 2 is 2.05 bits per heavy atom. The minimum absolute atomic E-state index is 0.121. The van der Waals surface area contributed by atoms with Crippen LogP contribution in [-0.2, 0) is 9.84 Å². The smallest absolute Gasteiger partial charge is 0.251 e. The molecule has 1 aliphatic rings. The average Bonchev–Trinajstić information content (AvgIpc) is 2.32. The van der Waals surface area contributed by atoms with Gasteiger partial charge in [0.05, 0.1) is 10.5 Å². The van der Waals surface area contributed by atoms with E-state index in [2.05, 4.69) is 5.32 Å². The number of nitrogens with one attached hydrogen (secondary N) is 1. The zero-order valence-corrected chi connectivity index (χ0v) is 12.5. The van der Waals surface area contributed by atoms with Gasteiger partial charge in [0, 0.05) is 18.4 Å². The lowest BCUT2D eigenvalue weighted by molar-refractivity contribution is -0.0300. The summed E-state index contributed by atoms with van der Waals surface area (Å²) < 4.78 is 23.0. The number of hydrogen-bond donors (Lipinski definition) is 2. The third-order valence-corrected chi connectivity index (χ3v) is 4.85. The van der Waals surface area contributed by atoms with Gasteiger partial charge in [-0.25, -0.2) is 8.42 Å². The van der Waals surface area contributed by atoms with Crippen molar-refractivity contribution in [2.75, 3.05) is 12.8 Å². The summed E-state index contributed by atoms with van der Waals surface area (Å²) in [6, 6.07) is 4.48. The summed E-state index contributed by atoms with van der Waals surface area (Å²) in [5, 5.41) is 12.6. The maximum Gasteiger partial charge on any atom is 0.251 e. The van der Waals surface area contributed by atoms with E-state index in [1.165, 1.54) is 12.1 Å². The zero-order chi connectivity index (χ0) is 15.0. The van der Waals surface area contributed by atoms with Gasteiger partial charge in [-0.1, -0.05) is 6.07 Å². The number of amides is 1. The first-order valence-electron chi connectivity index (χ1n) is 6.53. The molecule has 0 spiro atoms. The molecule has 20 heavy (non-hydrogen) atoms. The molecule has 0 aromatic heterocycles. The molecule has 0 unspecified atom stereocenters. The fraction of sp³-hybridized carbons (Fsp3) is 0.500. The van der Waals surface area contributed by atoms with Crippen LogP contribution in [0.5, 0.6) is 0 Å². The van der Waals surface area contributed by atoms with Gasteiger partial charge >= 0.3 is 0 Å². The molecule has 1 aromatic rings. The average molecular weight is 297 g/mol. The van der Waals surface area contributed by atoms with E-state index in [-0.39, 0.29) is 17.3 Å². The van der Waals surface area contributed by atoms with Crippen LogP contribution >= 0.6 is 0 Å². The van der Waals surface area contributed by atoms with Crippen molar-refractivity contribution in [3.8, 4) is 0 Å². The summed E-state index contributed by atoms with van der Waals surface area (Å²) in [6.07, 6.45) is 3.46. The predicted molar refractivity (Wildman–Crippen MR) is 75.4 cm³/mol. The van der Waals surface area contributed by atoms with Crippen LogP contribution in [0.2, 0.25) is 0 Å². The summed E-state index contributed by atoms with van der Waals surface area (Å²) in [4.78, 5) is 12.2. The van der Waals surface area contributed by atoms with Crippen LogP contribution in [0.3, 0.4) is 0 Å². The highest BCUT2D eigenvalue weighted by atomic mass is 32.2. The zero-order valence-electron chi connectivity index (χ0n) is 11.6. The highest BCUT2D eigenvalue weighted by Gasteiger charge is 2.34. The lowest BCUT2D eigenvalue weighted by Gasteiger charge is -2.36. The van der Waals surface area contributed by atoms with Crippen molar-refractivity contribution in [1.82, 2.24) is 5.32 Å². The molecular weight excluding hydrogens is 278 g/mol. The number of carbonyl (C=O) groups is 1. The Labute approximate surface area is 118 Å². The monoisotopic (exact) mass is 297 g/mol. The maximum atomic E-state index is 12.1. The lowest BCUT2D eigenvalue weighted by Crippen LogP contribution is -2.47. The number of aryl methyl sites for hydroxylation is 1. The quantitative estimate of drug-likeness (QED) is 0.870. The Morgan fingerprint density at radius 3 is 2.55 bits per heavy atom. The normalized spacial score (nSPS) is 17.4. The van der Waals surface area contributed by atoms with Gasteiger partial charge in [0.1, 0.15) is 0 Å². The Morgan fingerprint density at radius 1 is 1.40 bits per heavy atom. The van der Waals surface area contributed by atoms with Gasteiger partial charge in [-0.2, -0.15) is 0 Å². The maximum absolute atomic E-state index is 12.1. The first-order chi connectivity index (χ1) is 9.21. The fourth-order valence-electron chi connectivity index (χ4n) is 2.18. The van der Waals surface area contributed by atoms with E-state index in [0.29, 0.717) is 24.0 Å². The molecule has 0 aliphatic heterocycles. The summed E-state index contributed by atoms with van der Waals surface area (Å²) >= 11 is 0. The first-order valence-corrected chi connectivity index (χ1v) is 8.42. The first kappa shape index (κ1) is 15.0. The second-order valence-corrected chi connectivity index (χ2v) is 7.53. The molecule has 5 nitrogen and oxygen atoms in total. The Bertz CT molecular complexity index is 633. The van der Waals surface area contributed by atoms with Gasteiger partial charge in [0.2, 0.25) is 0 Å². The Hall–Kier alpha value is -1.40. The number of rotatable bonds is 4. The van der Waals surface area contributed by atoms with Crippen LogP contribution in [0.25, 0.3) is 0 Å². The molecule has 0 bridgehead atoms. The number of aliphatic hydroxyl groups is 1. The minimum atomic E-state index is -3.34. The molecule has 1 fully saturated rings.